The Labute approximate surface area is 131 Å². The number of rotatable bonds is 5. The van der Waals surface area contributed by atoms with E-state index in [1.54, 1.807) is 30.3 Å². The summed E-state index contributed by atoms with van der Waals surface area (Å²) in [7, 11) is 0. The van der Waals surface area contributed by atoms with Crippen LogP contribution in [0.3, 0.4) is 0 Å². The van der Waals surface area contributed by atoms with Gasteiger partial charge in [0.25, 0.3) is 5.79 Å². The molecule has 8 nitrogen and oxygen atoms in total. The van der Waals surface area contributed by atoms with Gasteiger partial charge in [-0.3, -0.25) is 4.79 Å². The number of carbonyl (C=O) groups is 1. The number of benzene rings is 1. The molecule has 1 aromatic rings. The third-order valence-corrected chi connectivity index (χ3v) is 3.66. The number of carbonyl (C=O) groups excluding carboxylic acids is 1. The lowest BCUT2D eigenvalue weighted by Gasteiger charge is -2.44. The predicted octanol–water partition coefficient (Wildman–Crippen LogP) is -1.07. The van der Waals surface area contributed by atoms with Crippen molar-refractivity contribution in [2.45, 2.75) is 30.2 Å². The summed E-state index contributed by atoms with van der Waals surface area (Å²) in [5.74, 6) is -3.64. The van der Waals surface area contributed by atoms with Crippen LogP contribution >= 0.6 is 0 Å². The van der Waals surface area contributed by atoms with Gasteiger partial charge in [0.2, 0.25) is 5.78 Å². The molecule has 8 heteroatoms. The van der Waals surface area contributed by atoms with Gasteiger partial charge in [0.1, 0.15) is 24.4 Å². The van der Waals surface area contributed by atoms with E-state index in [4.69, 9.17) is 15.1 Å². The van der Waals surface area contributed by atoms with E-state index in [-0.39, 0.29) is 0 Å². The van der Waals surface area contributed by atoms with Crippen LogP contribution in [0.4, 0.5) is 0 Å². The quantitative estimate of drug-likeness (QED) is 0.262. The summed E-state index contributed by atoms with van der Waals surface area (Å²) >= 11 is 0. The molecule has 1 saturated heterocycles. The van der Waals surface area contributed by atoms with Crippen molar-refractivity contribution in [1.82, 2.24) is 0 Å². The van der Waals surface area contributed by atoms with E-state index < -0.39 is 42.6 Å². The van der Waals surface area contributed by atoms with E-state index in [0.717, 1.165) is 6.08 Å². The van der Waals surface area contributed by atoms with Gasteiger partial charge in [-0.25, -0.2) is 5.26 Å². The predicted molar refractivity (Wildman–Crippen MR) is 76.9 cm³/mol. The van der Waals surface area contributed by atoms with E-state index in [1.807, 2.05) is 0 Å². The molecule has 5 atom stereocenters. The molecule has 1 aliphatic heterocycles. The van der Waals surface area contributed by atoms with Gasteiger partial charge in [-0.2, -0.15) is 4.89 Å². The molecule has 5 N–H and O–H groups in total. The molecule has 0 amide bonds. The normalized spacial score (nSPS) is 34.7. The first-order chi connectivity index (χ1) is 11.0. The van der Waals surface area contributed by atoms with Crippen LogP contribution in [0.5, 0.6) is 0 Å². The zero-order valence-corrected chi connectivity index (χ0v) is 12.0. The molecule has 0 aliphatic carbocycles. The van der Waals surface area contributed by atoms with Crippen molar-refractivity contribution in [3.63, 3.8) is 0 Å². The lowest BCUT2D eigenvalue weighted by atomic mass is 9.90. The molecule has 2 rings (SSSR count). The molecule has 1 aliphatic rings. The SMILES string of the molecule is O=C(C=Cc1ccccc1)[C@@]1(OO)O[C@H](CO)[C@@H](O)[C@H](O)[C@H]1O. The van der Waals surface area contributed by atoms with Crippen molar-refractivity contribution in [3.05, 3.63) is 42.0 Å². The van der Waals surface area contributed by atoms with Crippen molar-refractivity contribution in [2.24, 2.45) is 0 Å². The van der Waals surface area contributed by atoms with Crippen molar-refractivity contribution in [2.75, 3.05) is 6.61 Å². The van der Waals surface area contributed by atoms with Crippen LogP contribution in [-0.4, -0.2) is 68.3 Å². The Balaban J connectivity index is 2.28. The van der Waals surface area contributed by atoms with E-state index in [2.05, 4.69) is 4.89 Å². The lowest BCUT2D eigenvalue weighted by Crippen LogP contribution is -2.68. The maximum Gasteiger partial charge on any atom is 0.293 e. The molecule has 0 spiro atoms. The monoisotopic (exact) mass is 326 g/mol. The van der Waals surface area contributed by atoms with E-state index in [9.17, 15) is 20.1 Å². The van der Waals surface area contributed by atoms with Crippen molar-refractivity contribution < 1.29 is 40.1 Å². The third kappa shape index (κ3) is 3.33. The summed E-state index contributed by atoms with van der Waals surface area (Å²) in [5, 5.41) is 47.7. The first kappa shape index (κ1) is 17.7. The smallest absolute Gasteiger partial charge is 0.293 e. The van der Waals surface area contributed by atoms with Crippen LogP contribution in [0.15, 0.2) is 36.4 Å². The standard InChI is InChI=1S/C15H18O8/c16-8-10-12(18)13(19)14(20)15(22-10,23-21)11(17)7-6-9-4-2-1-3-5-9/h1-7,10,12-14,16,18-21H,8H2/t10-,12-,13+,14-,15+/m1/s1. The molecule has 1 heterocycles. The van der Waals surface area contributed by atoms with Crippen LogP contribution in [0, 0.1) is 0 Å². The van der Waals surface area contributed by atoms with Gasteiger partial charge < -0.3 is 25.2 Å². The van der Waals surface area contributed by atoms with Crippen LogP contribution in [0.1, 0.15) is 5.56 Å². The molecule has 23 heavy (non-hydrogen) atoms. The molecule has 0 bridgehead atoms. The van der Waals surface area contributed by atoms with Crippen molar-refractivity contribution >= 4 is 11.9 Å². The second kappa shape index (κ2) is 7.28. The second-order valence-electron chi connectivity index (χ2n) is 5.13. The first-order valence-electron chi connectivity index (χ1n) is 6.89. The summed E-state index contributed by atoms with van der Waals surface area (Å²) in [6, 6.07) is 8.70. The molecule has 0 radical (unpaired) electrons. The molecule has 0 aromatic heterocycles. The third-order valence-electron chi connectivity index (χ3n) is 3.66. The topological polar surface area (TPSA) is 137 Å². The van der Waals surface area contributed by atoms with Gasteiger partial charge in [0.15, 0.2) is 0 Å². The van der Waals surface area contributed by atoms with Crippen LogP contribution < -0.4 is 0 Å². The lowest BCUT2D eigenvalue weighted by molar-refractivity contribution is -0.440. The number of ether oxygens (including phenoxy) is 1. The Hall–Kier alpha value is -1.65. The number of aliphatic hydroxyl groups excluding tert-OH is 4. The molecular weight excluding hydrogens is 308 g/mol. The largest absolute Gasteiger partial charge is 0.394 e. The number of hydrogen-bond acceptors (Lipinski definition) is 8. The Morgan fingerprint density at radius 1 is 1.22 bits per heavy atom. The zero-order chi connectivity index (χ0) is 17.0. The molecular formula is C15H18O8. The number of aliphatic hydroxyl groups is 4. The highest BCUT2D eigenvalue weighted by Crippen LogP contribution is 2.32. The minimum Gasteiger partial charge on any atom is -0.394 e. The Bertz CT molecular complexity index is 558. The highest BCUT2D eigenvalue weighted by atomic mass is 17.1. The highest BCUT2D eigenvalue weighted by molar-refractivity contribution is 5.99. The Morgan fingerprint density at radius 2 is 1.87 bits per heavy atom. The summed E-state index contributed by atoms with van der Waals surface area (Å²) in [5.41, 5.74) is 0.665. The number of hydrogen-bond donors (Lipinski definition) is 5. The minimum atomic E-state index is -2.64. The second-order valence-corrected chi connectivity index (χ2v) is 5.13. The summed E-state index contributed by atoms with van der Waals surface area (Å²) in [6.45, 7) is -0.758. The maximum absolute atomic E-state index is 12.3. The zero-order valence-electron chi connectivity index (χ0n) is 12.0. The van der Waals surface area contributed by atoms with E-state index in [0.29, 0.717) is 5.56 Å². The fraction of sp³-hybridized carbons (Fsp3) is 0.400. The van der Waals surface area contributed by atoms with Gasteiger partial charge >= 0.3 is 0 Å². The average Bonchev–Trinajstić information content (AvgIpc) is 2.59. The van der Waals surface area contributed by atoms with Gasteiger partial charge in [-0.15, -0.1) is 0 Å². The van der Waals surface area contributed by atoms with Gasteiger partial charge in [0, 0.05) is 0 Å². The maximum atomic E-state index is 12.3. The first-order valence-corrected chi connectivity index (χ1v) is 6.89. The van der Waals surface area contributed by atoms with Gasteiger partial charge in [-0.1, -0.05) is 36.4 Å². The summed E-state index contributed by atoms with van der Waals surface area (Å²) < 4.78 is 5.03. The van der Waals surface area contributed by atoms with Crippen molar-refractivity contribution in [3.8, 4) is 0 Å². The van der Waals surface area contributed by atoms with Gasteiger partial charge in [-0.05, 0) is 11.6 Å². The average molecular weight is 326 g/mol. The summed E-state index contributed by atoms with van der Waals surface area (Å²) in [6.07, 6.45) is -4.60. The fourth-order valence-corrected chi connectivity index (χ4v) is 2.32. The van der Waals surface area contributed by atoms with E-state index >= 15 is 0 Å². The number of ketones is 1. The van der Waals surface area contributed by atoms with Crippen LogP contribution in [0.25, 0.3) is 6.08 Å². The summed E-state index contributed by atoms with van der Waals surface area (Å²) in [4.78, 5) is 16.4. The highest BCUT2D eigenvalue weighted by Gasteiger charge is 2.59. The van der Waals surface area contributed by atoms with E-state index in [1.165, 1.54) is 6.08 Å². The molecule has 0 saturated carbocycles. The Morgan fingerprint density at radius 3 is 2.43 bits per heavy atom. The Kier molecular flexibility index (Phi) is 5.60. The fourth-order valence-electron chi connectivity index (χ4n) is 2.32. The van der Waals surface area contributed by atoms with Crippen LogP contribution in [0.2, 0.25) is 0 Å². The molecule has 1 fully saturated rings. The van der Waals surface area contributed by atoms with Crippen molar-refractivity contribution in [1.29, 1.82) is 0 Å². The molecule has 126 valence electrons. The molecule has 1 aromatic carbocycles. The molecule has 0 unspecified atom stereocenters. The van der Waals surface area contributed by atoms with Crippen LogP contribution in [-0.2, 0) is 14.4 Å². The minimum absolute atomic E-state index is 0.665. The van der Waals surface area contributed by atoms with Gasteiger partial charge in [0.05, 0.1) is 6.61 Å².